The molecular formula is C26H29FN8. The summed E-state index contributed by atoms with van der Waals surface area (Å²) in [6.07, 6.45) is 3.80. The molecular weight excluding hydrogens is 443 g/mol. The lowest BCUT2D eigenvalue weighted by atomic mass is 10.1. The Balaban J connectivity index is 1.51. The molecule has 0 saturated carbocycles. The molecule has 9 heteroatoms. The fraction of sp³-hybridized carbons (Fsp3) is 0.231. The normalized spacial score (nSPS) is 11.6. The molecule has 35 heavy (non-hydrogen) atoms. The molecule has 8 nitrogen and oxygen atoms in total. The summed E-state index contributed by atoms with van der Waals surface area (Å²) >= 11 is 0. The van der Waals surface area contributed by atoms with Gasteiger partial charge in [0.05, 0.1) is 17.1 Å². The van der Waals surface area contributed by atoms with E-state index in [4.69, 9.17) is 10.7 Å². The Morgan fingerprint density at radius 3 is 2.63 bits per heavy atom. The maximum absolute atomic E-state index is 14.1. The van der Waals surface area contributed by atoms with Crippen LogP contribution in [0.2, 0.25) is 0 Å². The average molecular weight is 473 g/mol. The van der Waals surface area contributed by atoms with Crippen molar-refractivity contribution < 1.29 is 4.39 Å². The zero-order valence-corrected chi connectivity index (χ0v) is 20.3. The van der Waals surface area contributed by atoms with Gasteiger partial charge in [0, 0.05) is 67.1 Å². The van der Waals surface area contributed by atoms with E-state index in [0.29, 0.717) is 17.3 Å². The van der Waals surface area contributed by atoms with Crippen LogP contribution in [0.15, 0.2) is 54.9 Å². The summed E-state index contributed by atoms with van der Waals surface area (Å²) in [6, 6.07) is 12.6. The van der Waals surface area contributed by atoms with Crippen molar-refractivity contribution >= 4 is 44.9 Å². The number of nitrogens with two attached hydrogens (primary N) is 1. The lowest BCUT2D eigenvalue weighted by molar-refractivity contribution is 0.416. The van der Waals surface area contributed by atoms with Crippen LogP contribution < -0.4 is 16.0 Å². The van der Waals surface area contributed by atoms with Gasteiger partial charge in [-0.25, -0.2) is 9.37 Å². The molecule has 3 aromatic heterocycles. The third-order valence-electron chi connectivity index (χ3n) is 6.20. The molecule has 0 aliphatic rings. The molecule has 0 fully saturated rings. The number of hydrogen-bond donors (Lipinski definition) is 3. The van der Waals surface area contributed by atoms with Crippen LogP contribution in [0, 0.1) is 5.82 Å². The number of H-pyrrole nitrogens is 1. The fourth-order valence-electron chi connectivity index (χ4n) is 4.33. The zero-order chi connectivity index (χ0) is 24.7. The minimum atomic E-state index is -0.284. The molecule has 0 atom stereocenters. The third-order valence-corrected chi connectivity index (χ3v) is 6.20. The van der Waals surface area contributed by atoms with Gasteiger partial charge in [-0.1, -0.05) is 0 Å². The van der Waals surface area contributed by atoms with Crippen LogP contribution in [0.1, 0.15) is 0 Å². The van der Waals surface area contributed by atoms with Crippen molar-refractivity contribution in [2.45, 2.75) is 0 Å². The van der Waals surface area contributed by atoms with E-state index >= 15 is 0 Å². The second-order valence-electron chi connectivity index (χ2n) is 9.07. The number of anilines is 4. The Morgan fingerprint density at radius 2 is 1.86 bits per heavy atom. The number of nitrogens with zero attached hydrogens (tertiary/aromatic N) is 5. The Bertz CT molecular complexity index is 1520. The van der Waals surface area contributed by atoms with Gasteiger partial charge in [-0.15, -0.1) is 0 Å². The number of halogens is 1. The number of likely N-dealkylation sites (N-methyl/N-ethyl adjacent to an activating group) is 2. The van der Waals surface area contributed by atoms with Gasteiger partial charge in [0.2, 0.25) is 5.95 Å². The Morgan fingerprint density at radius 1 is 1.03 bits per heavy atom. The van der Waals surface area contributed by atoms with E-state index in [9.17, 15) is 4.39 Å². The molecule has 0 amide bonds. The number of fused-ring (bicyclic) bond motifs is 2. The monoisotopic (exact) mass is 472 g/mol. The summed E-state index contributed by atoms with van der Waals surface area (Å²) < 4.78 is 16.1. The average Bonchev–Trinajstić information content (AvgIpc) is 3.41. The number of rotatable bonds is 7. The Labute approximate surface area is 203 Å². The molecule has 3 heterocycles. The molecule has 0 aliphatic carbocycles. The number of nitrogen functional groups attached to an aromatic ring is 1. The van der Waals surface area contributed by atoms with Gasteiger partial charge in [0.25, 0.3) is 0 Å². The number of aryl methyl sites for hydroxylation is 1. The van der Waals surface area contributed by atoms with Crippen molar-refractivity contribution in [1.82, 2.24) is 24.4 Å². The van der Waals surface area contributed by atoms with Crippen LogP contribution in [-0.4, -0.2) is 58.7 Å². The van der Waals surface area contributed by atoms with Crippen molar-refractivity contribution in [1.29, 1.82) is 0 Å². The molecule has 0 bridgehead atoms. The fourth-order valence-corrected chi connectivity index (χ4v) is 4.33. The van der Waals surface area contributed by atoms with E-state index in [1.807, 2.05) is 69.4 Å². The largest absolute Gasteiger partial charge is 0.397 e. The van der Waals surface area contributed by atoms with E-state index in [1.165, 1.54) is 6.07 Å². The van der Waals surface area contributed by atoms with Gasteiger partial charge in [-0.05, 0) is 56.6 Å². The van der Waals surface area contributed by atoms with Crippen molar-refractivity contribution in [2.75, 3.05) is 50.2 Å². The number of aromatic nitrogens is 4. The minimum absolute atomic E-state index is 0.284. The number of hydrogen-bond acceptors (Lipinski definition) is 6. The summed E-state index contributed by atoms with van der Waals surface area (Å²) in [4.78, 5) is 16.9. The van der Waals surface area contributed by atoms with Gasteiger partial charge >= 0.3 is 0 Å². The van der Waals surface area contributed by atoms with E-state index in [0.717, 1.165) is 52.0 Å². The highest BCUT2D eigenvalue weighted by Gasteiger charge is 2.17. The van der Waals surface area contributed by atoms with Gasteiger partial charge in [0.15, 0.2) is 0 Å². The lowest BCUT2D eigenvalue weighted by Crippen LogP contribution is -2.28. The summed E-state index contributed by atoms with van der Waals surface area (Å²) in [6.45, 7) is 1.80. The van der Waals surface area contributed by atoms with E-state index in [-0.39, 0.29) is 5.82 Å². The molecule has 0 spiro atoms. The first-order chi connectivity index (χ1) is 16.8. The second kappa shape index (κ2) is 8.92. The molecule has 0 aliphatic heterocycles. The van der Waals surface area contributed by atoms with Crippen LogP contribution in [0.25, 0.3) is 33.2 Å². The third kappa shape index (κ3) is 4.38. The highest BCUT2D eigenvalue weighted by atomic mass is 19.1. The van der Waals surface area contributed by atoms with Crippen LogP contribution in [0.5, 0.6) is 0 Å². The standard InChI is InChI=1S/C26H29FN8/c1-33(2)11-12-34(3)23-8-6-17(14-21(23)28)30-26-31-24(18-9-10-29-25(18)32-26)20-15-35(4)22-7-5-16(27)13-19(20)22/h5-10,13-15H,11-12,28H2,1-4H3,(H2,29,30,31,32). The maximum atomic E-state index is 14.1. The summed E-state index contributed by atoms with van der Waals surface area (Å²) in [7, 11) is 8.07. The van der Waals surface area contributed by atoms with E-state index in [2.05, 4.69) is 25.1 Å². The first-order valence-corrected chi connectivity index (χ1v) is 11.4. The van der Waals surface area contributed by atoms with Gasteiger partial charge in [-0.3, -0.25) is 0 Å². The zero-order valence-electron chi connectivity index (χ0n) is 20.3. The van der Waals surface area contributed by atoms with Crippen molar-refractivity contribution in [3.05, 3.63) is 60.7 Å². The number of benzene rings is 2. The van der Waals surface area contributed by atoms with Crippen LogP contribution in [0.4, 0.5) is 27.4 Å². The topological polar surface area (TPSA) is 91.0 Å². The first kappa shape index (κ1) is 22.7. The molecule has 0 unspecified atom stereocenters. The minimum Gasteiger partial charge on any atom is -0.397 e. The van der Waals surface area contributed by atoms with Crippen LogP contribution >= 0.6 is 0 Å². The maximum Gasteiger partial charge on any atom is 0.229 e. The van der Waals surface area contributed by atoms with Crippen molar-refractivity contribution in [3.63, 3.8) is 0 Å². The lowest BCUT2D eigenvalue weighted by Gasteiger charge is -2.23. The number of aromatic amines is 1. The highest BCUT2D eigenvalue weighted by Crippen LogP contribution is 2.35. The van der Waals surface area contributed by atoms with Crippen molar-refractivity contribution in [3.8, 4) is 11.3 Å². The smallest absolute Gasteiger partial charge is 0.229 e. The Kier molecular flexibility index (Phi) is 5.78. The first-order valence-electron chi connectivity index (χ1n) is 11.4. The van der Waals surface area contributed by atoms with Gasteiger partial charge in [0.1, 0.15) is 11.5 Å². The quantitative estimate of drug-likeness (QED) is 0.301. The van der Waals surface area contributed by atoms with E-state index < -0.39 is 0 Å². The molecule has 0 saturated heterocycles. The second-order valence-corrected chi connectivity index (χ2v) is 9.07. The molecule has 4 N–H and O–H groups in total. The predicted octanol–water partition coefficient (Wildman–Crippen LogP) is 4.58. The predicted molar refractivity (Wildman–Crippen MR) is 142 cm³/mol. The molecule has 0 radical (unpaired) electrons. The highest BCUT2D eigenvalue weighted by molar-refractivity contribution is 6.02. The van der Waals surface area contributed by atoms with Crippen molar-refractivity contribution in [2.24, 2.45) is 7.05 Å². The van der Waals surface area contributed by atoms with Gasteiger partial charge < -0.3 is 30.4 Å². The summed E-state index contributed by atoms with van der Waals surface area (Å²) in [5.41, 5.74) is 12.0. The van der Waals surface area contributed by atoms with Crippen LogP contribution in [-0.2, 0) is 7.05 Å². The Hall–Kier alpha value is -4.11. The summed E-state index contributed by atoms with van der Waals surface area (Å²) in [5, 5.41) is 4.96. The molecule has 5 rings (SSSR count). The van der Waals surface area contributed by atoms with E-state index in [1.54, 1.807) is 12.1 Å². The van der Waals surface area contributed by atoms with Crippen LogP contribution in [0.3, 0.4) is 0 Å². The van der Waals surface area contributed by atoms with Gasteiger partial charge in [-0.2, -0.15) is 4.98 Å². The SMILES string of the molecule is CN(C)CCN(C)c1ccc(Nc2nc(-c3cn(C)c4ccc(F)cc34)c3cc[nH]c3n2)cc1N. The summed E-state index contributed by atoms with van der Waals surface area (Å²) in [5.74, 6) is 0.144. The molecule has 2 aromatic carbocycles. The molecule has 5 aromatic rings. The number of nitrogens with one attached hydrogen (secondary N) is 2. The molecule has 180 valence electrons.